The zero-order valence-electron chi connectivity index (χ0n) is 33.3. The SMILES string of the molecule is CC1(C)c2ccccc2-c2cc3c(cc21)Oc1ccccc1-c1ccccc1/C=C\c1ccc(-c2nc(-c4ccccc4)cc(-c4ccc(-c5cccnc5)cc4)n2)cc1-3. The highest BCUT2D eigenvalue weighted by molar-refractivity contribution is 5.93. The third-order valence-electron chi connectivity index (χ3n) is 12.1. The number of ether oxygens (including phenoxy) is 1. The van der Waals surface area contributed by atoms with Gasteiger partial charge in [-0.25, -0.2) is 9.97 Å². The molecule has 2 aliphatic rings. The van der Waals surface area contributed by atoms with Crippen molar-refractivity contribution >= 4 is 12.2 Å². The molecule has 1 aliphatic heterocycles. The van der Waals surface area contributed by atoms with Gasteiger partial charge in [-0.1, -0.05) is 166 Å². The Balaban J connectivity index is 1.13. The molecule has 0 saturated heterocycles. The van der Waals surface area contributed by atoms with E-state index in [4.69, 9.17) is 14.7 Å². The van der Waals surface area contributed by atoms with Gasteiger partial charge in [-0.15, -0.1) is 0 Å². The first kappa shape index (κ1) is 35.5. The van der Waals surface area contributed by atoms with Crippen molar-refractivity contribution in [1.82, 2.24) is 15.0 Å². The molecule has 0 atom stereocenters. The van der Waals surface area contributed by atoms with Gasteiger partial charge in [0.15, 0.2) is 5.82 Å². The summed E-state index contributed by atoms with van der Waals surface area (Å²) in [7, 11) is 0. The minimum atomic E-state index is -0.203. The van der Waals surface area contributed by atoms with Gasteiger partial charge in [0.2, 0.25) is 0 Å². The van der Waals surface area contributed by atoms with E-state index < -0.39 is 0 Å². The summed E-state index contributed by atoms with van der Waals surface area (Å²) >= 11 is 0. The van der Waals surface area contributed by atoms with Gasteiger partial charge in [-0.2, -0.15) is 0 Å². The largest absolute Gasteiger partial charge is 0.456 e. The second-order valence-electron chi connectivity index (χ2n) is 16.0. The quantitative estimate of drug-likeness (QED) is 0.179. The lowest BCUT2D eigenvalue weighted by molar-refractivity contribution is 0.484. The number of hydrogen-bond acceptors (Lipinski definition) is 4. The third kappa shape index (κ3) is 6.13. The number of benzene rings is 7. The fraction of sp³-hybridized carbons (Fsp3) is 0.0536. The molecule has 3 heterocycles. The van der Waals surface area contributed by atoms with E-state index in [2.05, 4.69) is 195 Å². The number of hydrogen-bond donors (Lipinski definition) is 0. The van der Waals surface area contributed by atoms with Crippen LogP contribution in [0.3, 0.4) is 0 Å². The van der Waals surface area contributed by atoms with Gasteiger partial charge in [0.25, 0.3) is 0 Å². The number of pyridine rings is 1. The van der Waals surface area contributed by atoms with Crippen LogP contribution in [0.5, 0.6) is 11.5 Å². The molecule has 60 heavy (non-hydrogen) atoms. The maximum absolute atomic E-state index is 7.18. The number of rotatable bonds is 4. The molecule has 1 aliphatic carbocycles. The van der Waals surface area contributed by atoms with Crippen molar-refractivity contribution in [1.29, 1.82) is 0 Å². The fourth-order valence-electron chi connectivity index (χ4n) is 8.91. The van der Waals surface area contributed by atoms with Crippen LogP contribution in [0.15, 0.2) is 188 Å². The Kier molecular flexibility index (Phi) is 8.45. The maximum atomic E-state index is 7.18. The monoisotopic (exact) mass is 769 g/mol. The van der Waals surface area contributed by atoms with Crippen LogP contribution in [0.1, 0.15) is 36.1 Å². The molecule has 0 saturated carbocycles. The van der Waals surface area contributed by atoms with E-state index in [1.807, 2.05) is 18.3 Å². The zero-order valence-corrected chi connectivity index (χ0v) is 33.3. The standard InChI is InChI=1S/C56H39N3O/c1-56(2)49-20-10-8-18-44(49)47-32-48-46-31-41(29-26-38(46)25-24-37-13-6-7-17-43(37)45-19-9-11-21-53(45)60-54(48)33-50(47)56)55-58-51(39-14-4-3-5-15-39)34-52(59-55)40-27-22-36(23-28-40)42-16-12-30-57-35-42/h3-35H,1-2H3/b25-24-. The van der Waals surface area contributed by atoms with E-state index >= 15 is 0 Å². The Hall–Kier alpha value is -7.69. The second kappa shape index (κ2) is 14.3. The molecule has 11 rings (SSSR count). The lowest BCUT2D eigenvalue weighted by Gasteiger charge is -2.23. The first-order valence-corrected chi connectivity index (χ1v) is 20.4. The number of fused-ring (bicyclic) bond motifs is 9. The molecule has 0 radical (unpaired) electrons. The van der Waals surface area contributed by atoms with Gasteiger partial charge in [0.05, 0.1) is 11.4 Å². The first-order valence-electron chi connectivity index (χ1n) is 20.4. The summed E-state index contributed by atoms with van der Waals surface area (Å²) in [4.78, 5) is 14.9. The lowest BCUT2D eigenvalue weighted by atomic mass is 9.81. The summed E-state index contributed by atoms with van der Waals surface area (Å²) in [6, 6.07) is 61.9. The molecule has 9 aromatic rings. The van der Waals surface area contributed by atoms with E-state index in [0.717, 1.165) is 84.1 Å². The number of para-hydroxylation sites is 1. The molecule has 0 bridgehead atoms. The van der Waals surface area contributed by atoms with E-state index in [-0.39, 0.29) is 5.41 Å². The van der Waals surface area contributed by atoms with Crippen molar-refractivity contribution in [2.24, 2.45) is 0 Å². The summed E-state index contributed by atoms with van der Waals surface area (Å²) in [5.74, 6) is 2.27. The second-order valence-corrected chi connectivity index (χ2v) is 16.0. The molecular weight excluding hydrogens is 731 g/mol. The van der Waals surface area contributed by atoms with E-state index in [1.54, 1.807) is 6.20 Å². The van der Waals surface area contributed by atoms with Gasteiger partial charge in [0.1, 0.15) is 11.5 Å². The van der Waals surface area contributed by atoms with Crippen LogP contribution in [0.2, 0.25) is 0 Å². The molecule has 4 nitrogen and oxygen atoms in total. The van der Waals surface area contributed by atoms with Crippen molar-refractivity contribution in [3.63, 3.8) is 0 Å². The Morgan fingerprint density at radius 3 is 1.82 bits per heavy atom. The van der Waals surface area contributed by atoms with Gasteiger partial charge in [0, 0.05) is 45.6 Å². The Bertz CT molecular complexity index is 3130. The Morgan fingerprint density at radius 2 is 1.03 bits per heavy atom. The number of aromatic nitrogens is 3. The molecule has 284 valence electrons. The molecule has 2 aromatic heterocycles. The molecule has 0 N–H and O–H groups in total. The molecule has 7 aromatic carbocycles. The van der Waals surface area contributed by atoms with Crippen molar-refractivity contribution in [3.05, 3.63) is 211 Å². The third-order valence-corrected chi connectivity index (χ3v) is 12.1. The Morgan fingerprint density at radius 1 is 0.400 bits per heavy atom. The summed E-state index contributed by atoms with van der Waals surface area (Å²) in [5, 5.41) is 0. The minimum Gasteiger partial charge on any atom is -0.456 e. The molecule has 0 fully saturated rings. The molecule has 4 heteroatoms. The van der Waals surface area contributed by atoms with Crippen LogP contribution in [-0.2, 0) is 5.41 Å². The summed E-state index contributed by atoms with van der Waals surface area (Å²) in [6.45, 7) is 4.63. The minimum absolute atomic E-state index is 0.203. The van der Waals surface area contributed by atoms with E-state index in [9.17, 15) is 0 Å². The van der Waals surface area contributed by atoms with Gasteiger partial charge < -0.3 is 4.74 Å². The van der Waals surface area contributed by atoms with Crippen LogP contribution in [0, 0.1) is 0 Å². The Labute approximate surface area is 350 Å². The van der Waals surface area contributed by atoms with Gasteiger partial charge >= 0.3 is 0 Å². The summed E-state index contributed by atoms with van der Waals surface area (Å²) in [5.41, 5.74) is 18.1. The molecular formula is C56H39N3O. The molecule has 0 amide bonds. The van der Waals surface area contributed by atoms with Crippen LogP contribution in [-0.4, -0.2) is 15.0 Å². The van der Waals surface area contributed by atoms with E-state index in [1.165, 1.54) is 22.3 Å². The van der Waals surface area contributed by atoms with Crippen LogP contribution in [0.25, 0.3) is 90.6 Å². The van der Waals surface area contributed by atoms with Crippen LogP contribution in [0.4, 0.5) is 0 Å². The van der Waals surface area contributed by atoms with Crippen molar-refractivity contribution in [3.8, 4) is 89.9 Å². The normalized spacial score (nSPS) is 13.6. The predicted molar refractivity (Wildman–Crippen MR) is 245 cm³/mol. The predicted octanol–water partition coefficient (Wildman–Crippen LogP) is 14.5. The molecule has 0 spiro atoms. The number of nitrogens with zero attached hydrogens (tertiary/aromatic N) is 3. The fourth-order valence-corrected chi connectivity index (χ4v) is 8.91. The van der Waals surface area contributed by atoms with Gasteiger partial charge in [-0.05, 0) is 92.0 Å². The van der Waals surface area contributed by atoms with Crippen molar-refractivity contribution in [2.45, 2.75) is 19.3 Å². The molecule has 0 unspecified atom stereocenters. The van der Waals surface area contributed by atoms with E-state index in [0.29, 0.717) is 5.82 Å². The highest BCUT2D eigenvalue weighted by atomic mass is 16.5. The average Bonchev–Trinajstić information content (AvgIpc) is 3.52. The summed E-state index contributed by atoms with van der Waals surface area (Å²) < 4.78 is 7.18. The van der Waals surface area contributed by atoms with Crippen LogP contribution >= 0.6 is 0 Å². The highest BCUT2D eigenvalue weighted by Gasteiger charge is 2.37. The average molecular weight is 770 g/mol. The van der Waals surface area contributed by atoms with Crippen LogP contribution < -0.4 is 4.74 Å². The van der Waals surface area contributed by atoms with Gasteiger partial charge in [-0.3, -0.25) is 4.98 Å². The topological polar surface area (TPSA) is 47.9 Å². The first-order chi connectivity index (χ1) is 29.5. The zero-order chi connectivity index (χ0) is 40.2. The summed E-state index contributed by atoms with van der Waals surface area (Å²) in [6.07, 6.45) is 8.14. The van der Waals surface area contributed by atoms with Crippen molar-refractivity contribution in [2.75, 3.05) is 0 Å². The van der Waals surface area contributed by atoms with Crippen molar-refractivity contribution < 1.29 is 4.74 Å². The highest BCUT2D eigenvalue weighted by Crippen LogP contribution is 2.53. The lowest BCUT2D eigenvalue weighted by Crippen LogP contribution is -2.15. The smallest absolute Gasteiger partial charge is 0.160 e. The maximum Gasteiger partial charge on any atom is 0.160 e.